The maximum Gasteiger partial charge on any atom is 0.323 e. The van der Waals surface area contributed by atoms with Gasteiger partial charge in [0.2, 0.25) is 5.91 Å². The Kier molecular flexibility index (Phi) is 7.08. The summed E-state index contributed by atoms with van der Waals surface area (Å²) in [5.74, 6) is -0.401. The number of para-hydroxylation sites is 1. The summed E-state index contributed by atoms with van der Waals surface area (Å²) in [6, 6.07) is 14.3. The van der Waals surface area contributed by atoms with Crippen molar-refractivity contribution >= 4 is 29.2 Å². The Hall–Kier alpha value is -3.19. The SMILES string of the molecule is COC(=O)C1CC2CCCCC2N1CC(=O)Nc1ccccc1C(=O)Nc1cccc(C)c1. The van der Waals surface area contributed by atoms with E-state index in [2.05, 4.69) is 10.6 Å². The molecule has 7 heteroatoms. The van der Waals surface area contributed by atoms with Crippen molar-refractivity contribution in [1.82, 2.24) is 4.90 Å². The molecule has 1 heterocycles. The average molecular weight is 450 g/mol. The first-order valence-electron chi connectivity index (χ1n) is 11.6. The van der Waals surface area contributed by atoms with Gasteiger partial charge in [0.1, 0.15) is 6.04 Å². The highest BCUT2D eigenvalue weighted by Gasteiger charge is 2.46. The summed E-state index contributed by atoms with van der Waals surface area (Å²) in [6.07, 6.45) is 5.08. The maximum absolute atomic E-state index is 13.0. The van der Waals surface area contributed by atoms with Gasteiger partial charge in [-0.25, -0.2) is 0 Å². The lowest BCUT2D eigenvalue weighted by Crippen LogP contribution is -2.46. The van der Waals surface area contributed by atoms with Crippen molar-refractivity contribution in [3.8, 4) is 0 Å². The fourth-order valence-corrected chi connectivity index (χ4v) is 5.21. The van der Waals surface area contributed by atoms with E-state index in [1.165, 1.54) is 13.5 Å². The van der Waals surface area contributed by atoms with E-state index in [1.807, 2.05) is 36.1 Å². The summed E-state index contributed by atoms with van der Waals surface area (Å²) >= 11 is 0. The molecular formula is C26H31N3O4. The first-order valence-corrected chi connectivity index (χ1v) is 11.6. The van der Waals surface area contributed by atoms with E-state index in [1.54, 1.807) is 24.3 Å². The third-order valence-electron chi connectivity index (χ3n) is 6.74. The molecule has 3 unspecified atom stereocenters. The molecule has 7 nitrogen and oxygen atoms in total. The molecule has 2 aromatic carbocycles. The molecule has 2 aliphatic rings. The molecule has 0 spiro atoms. The van der Waals surface area contributed by atoms with Gasteiger partial charge in [-0.05, 0) is 61.9 Å². The van der Waals surface area contributed by atoms with Gasteiger partial charge in [-0.2, -0.15) is 0 Å². The third-order valence-corrected chi connectivity index (χ3v) is 6.74. The largest absolute Gasteiger partial charge is 0.468 e. The van der Waals surface area contributed by atoms with Gasteiger partial charge in [-0.1, -0.05) is 37.1 Å². The lowest BCUT2D eigenvalue weighted by Gasteiger charge is -2.32. The zero-order chi connectivity index (χ0) is 23.4. The van der Waals surface area contributed by atoms with Gasteiger partial charge in [-0.3, -0.25) is 19.3 Å². The van der Waals surface area contributed by atoms with Crippen molar-refractivity contribution < 1.29 is 19.1 Å². The van der Waals surface area contributed by atoms with E-state index in [9.17, 15) is 14.4 Å². The molecule has 2 aromatic rings. The number of rotatable bonds is 6. The normalized spacial score (nSPS) is 22.3. The number of ether oxygens (including phenoxy) is 1. The molecule has 0 aromatic heterocycles. The van der Waals surface area contributed by atoms with Crippen LogP contribution in [0.15, 0.2) is 48.5 Å². The number of carbonyl (C=O) groups excluding carboxylic acids is 3. The van der Waals surface area contributed by atoms with Crippen LogP contribution in [-0.4, -0.2) is 48.4 Å². The van der Waals surface area contributed by atoms with E-state index < -0.39 is 6.04 Å². The van der Waals surface area contributed by atoms with Crippen LogP contribution in [0, 0.1) is 12.8 Å². The number of nitrogens with zero attached hydrogens (tertiary/aromatic N) is 1. The van der Waals surface area contributed by atoms with Crippen LogP contribution < -0.4 is 10.6 Å². The molecule has 2 amide bonds. The van der Waals surface area contributed by atoms with Crippen molar-refractivity contribution in [2.45, 2.75) is 51.1 Å². The number of esters is 1. The van der Waals surface area contributed by atoms with E-state index >= 15 is 0 Å². The number of fused-ring (bicyclic) bond motifs is 1. The van der Waals surface area contributed by atoms with Crippen LogP contribution in [0.4, 0.5) is 11.4 Å². The summed E-state index contributed by atoms with van der Waals surface area (Å²) in [6.45, 7) is 2.05. The molecule has 174 valence electrons. The summed E-state index contributed by atoms with van der Waals surface area (Å²) in [5, 5.41) is 5.79. The highest BCUT2D eigenvalue weighted by molar-refractivity contribution is 6.10. The van der Waals surface area contributed by atoms with E-state index in [0.717, 1.165) is 31.2 Å². The minimum atomic E-state index is -0.395. The Morgan fingerprint density at radius 3 is 2.61 bits per heavy atom. The number of hydrogen-bond acceptors (Lipinski definition) is 5. The zero-order valence-corrected chi connectivity index (χ0v) is 19.2. The quantitative estimate of drug-likeness (QED) is 0.651. The third kappa shape index (κ3) is 5.25. The first-order chi connectivity index (χ1) is 16.0. The number of aryl methyl sites for hydroxylation is 1. The number of methoxy groups -OCH3 is 1. The number of amides is 2. The van der Waals surface area contributed by atoms with Crippen LogP contribution in [0.1, 0.15) is 48.0 Å². The summed E-state index contributed by atoms with van der Waals surface area (Å²) in [4.78, 5) is 40.3. The second-order valence-corrected chi connectivity index (χ2v) is 8.98. The van der Waals surface area contributed by atoms with E-state index in [0.29, 0.717) is 22.9 Å². The summed E-state index contributed by atoms with van der Waals surface area (Å²) in [5.41, 5.74) is 2.57. The first kappa shape index (κ1) is 23.0. The Morgan fingerprint density at radius 1 is 1.03 bits per heavy atom. The molecule has 2 fully saturated rings. The predicted molar refractivity (Wildman–Crippen MR) is 127 cm³/mol. The molecule has 2 N–H and O–H groups in total. The fraction of sp³-hybridized carbons (Fsp3) is 0.423. The van der Waals surface area contributed by atoms with Gasteiger partial charge in [-0.15, -0.1) is 0 Å². The van der Waals surface area contributed by atoms with Crippen molar-refractivity contribution in [2.24, 2.45) is 5.92 Å². The molecule has 33 heavy (non-hydrogen) atoms. The second kappa shape index (κ2) is 10.2. The van der Waals surface area contributed by atoms with Gasteiger partial charge in [0.05, 0.1) is 24.9 Å². The number of nitrogens with one attached hydrogen (secondary N) is 2. The average Bonchev–Trinajstić information content (AvgIpc) is 3.17. The molecule has 1 aliphatic carbocycles. The number of hydrogen-bond donors (Lipinski definition) is 2. The van der Waals surface area contributed by atoms with Gasteiger partial charge in [0.15, 0.2) is 0 Å². The van der Waals surface area contributed by atoms with Gasteiger partial charge >= 0.3 is 5.97 Å². The Morgan fingerprint density at radius 2 is 1.82 bits per heavy atom. The van der Waals surface area contributed by atoms with Crippen LogP contribution in [0.25, 0.3) is 0 Å². The van der Waals surface area contributed by atoms with E-state index in [-0.39, 0.29) is 30.4 Å². The van der Waals surface area contributed by atoms with Crippen LogP contribution in [0.5, 0.6) is 0 Å². The Bertz CT molecular complexity index is 1040. The molecule has 0 bridgehead atoms. The van der Waals surface area contributed by atoms with Crippen molar-refractivity contribution in [3.63, 3.8) is 0 Å². The van der Waals surface area contributed by atoms with Crippen molar-refractivity contribution in [1.29, 1.82) is 0 Å². The molecule has 4 rings (SSSR count). The van der Waals surface area contributed by atoms with Crippen LogP contribution in [0.2, 0.25) is 0 Å². The van der Waals surface area contributed by atoms with Crippen LogP contribution in [-0.2, 0) is 14.3 Å². The fourth-order valence-electron chi connectivity index (χ4n) is 5.21. The van der Waals surface area contributed by atoms with Crippen LogP contribution in [0.3, 0.4) is 0 Å². The topological polar surface area (TPSA) is 87.7 Å². The number of anilines is 2. The molecule has 1 saturated carbocycles. The zero-order valence-electron chi connectivity index (χ0n) is 19.2. The van der Waals surface area contributed by atoms with Crippen LogP contribution >= 0.6 is 0 Å². The number of likely N-dealkylation sites (tertiary alicyclic amines) is 1. The second-order valence-electron chi connectivity index (χ2n) is 8.98. The molecule has 1 saturated heterocycles. The maximum atomic E-state index is 13.0. The van der Waals surface area contributed by atoms with Gasteiger partial charge in [0.25, 0.3) is 5.91 Å². The van der Waals surface area contributed by atoms with Gasteiger partial charge in [0, 0.05) is 11.7 Å². The highest BCUT2D eigenvalue weighted by atomic mass is 16.5. The lowest BCUT2D eigenvalue weighted by atomic mass is 9.85. The van der Waals surface area contributed by atoms with Crippen molar-refractivity contribution in [3.05, 3.63) is 59.7 Å². The highest BCUT2D eigenvalue weighted by Crippen LogP contribution is 2.39. The van der Waals surface area contributed by atoms with Crippen molar-refractivity contribution in [2.75, 3.05) is 24.3 Å². The van der Waals surface area contributed by atoms with E-state index in [4.69, 9.17) is 4.74 Å². The summed E-state index contributed by atoms with van der Waals surface area (Å²) in [7, 11) is 1.39. The smallest absolute Gasteiger partial charge is 0.323 e. The molecule has 0 radical (unpaired) electrons. The number of carbonyl (C=O) groups is 3. The summed E-state index contributed by atoms with van der Waals surface area (Å²) < 4.78 is 5.02. The molecule has 3 atom stereocenters. The minimum absolute atomic E-state index is 0.0920. The monoisotopic (exact) mass is 449 g/mol. The standard InChI is InChI=1S/C26H31N3O4/c1-17-8-7-10-19(14-17)27-25(31)20-11-4-5-12-21(20)28-24(30)16-29-22-13-6-3-9-18(22)15-23(29)26(32)33-2/h4-5,7-8,10-12,14,18,22-23H,3,6,9,13,15-16H2,1-2H3,(H,27,31)(H,28,30). The Labute approximate surface area is 194 Å². The number of benzene rings is 2. The molecule has 1 aliphatic heterocycles. The predicted octanol–water partition coefficient (Wildman–Crippen LogP) is 3.99. The van der Waals surface area contributed by atoms with Gasteiger partial charge < -0.3 is 15.4 Å². The Balaban J connectivity index is 1.47. The lowest BCUT2D eigenvalue weighted by molar-refractivity contribution is -0.146. The molecular weight excluding hydrogens is 418 g/mol. The minimum Gasteiger partial charge on any atom is -0.468 e.